The molecule has 2 nitrogen and oxygen atoms in total. The number of nitrogens with zero attached hydrogens (tertiary/aromatic N) is 1. The number of rotatable bonds is 3. The second-order valence-electron chi connectivity index (χ2n) is 5.01. The summed E-state index contributed by atoms with van der Waals surface area (Å²) in [4.78, 5) is 0. The average Bonchev–Trinajstić information content (AvgIpc) is 2.50. The predicted octanol–water partition coefficient (Wildman–Crippen LogP) is 3.17. The second-order valence-corrected chi connectivity index (χ2v) is 5.01. The van der Waals surface area contributed by atoms with Crippen LogP contribution >= 0.6 is 0 Å². The average molecular weight is 230 g/mol. The van der Waals surface area contributed by atoms with Crippen molar-refractivity contribution >= 4 is 10.9 Å². The number of hydrogen-bond donors (Lipinski definition) is 1. The van der Waals surface area contributed by atoms with Crippen LogP contribution in [0.4, 0.5) is 0 Å². The van der Waals surface area contributed by atoms with E-state index in [-0.39, 0.29) is 6.04 Å². The fourth-order valence-electron chi connectivity index (χ4n) is 2.65. The highest BCUT2D eigenvalue weighted by atomic mass is 15.0. The largest absolute Gasteiger partial charge is 0.345 e. The first-order valence-corrected chi connectivity index (χ1v) is 6.38. The molecule has 0 saturated heterocycles. The molecular weight excluding hydrogens is 208 g/mol. The molecular formula is C15H22N2. The van der Waals surface area contributed by atoms with Gasteiger partial charge in [0.15, 0.2) is 0 Å². The Balaban J connectivity index is 2.70. The maximum absolute atomic E-state index is 5.96. The first kappa shape index (κ1) is 12.2. The van der Waals surface area contributed by atoms with Crippen LogP contribution in [0, 0.1) is 13.8 Å². The molecule has 0 fully saturated rings. The lowest BCUT2D eigenvalue weighted by molar-refractivity contribution is 0.717. The van der Waals surface area contributed by atoms with Crippen LogP contribution < -0.4 is 5.73 Å². The van der Waals surface area contributed by atoms with Crippen molar-refractivity contribution in [3.05, 3.63) is 35.0 Å². The van der Waals surface area contributed by atoms with Crippen LogP contribution in [0.1, 0.15) is 30.7 Å². The van der Waals surface area contributed by atoms with E-state index in [0.717, 1.165) is 13.0 Å². The molecule has 2 heteroatoms. The van der Waals surface area contributed by atoms with Gasteiger partial charge in [-0.1, -0.05) is 12.1 Å². The Kier molecular flexibility index (Phi) is 3.25. The third kappa shape index (κ3) is 2.09. The highest BCUT2D eigenvalue weighted by Gasteiger charge is 2.13. The number of benzene rings is 1. The fourth-order valence-corrected chi connectivity index (χ4v) is 2.65. The number of aryl methyl sites for hydroxylation is 2. The summed E-state index contributed by atoms with van der Waals surface area (Å²) < 4.78 is 2.39. The van der Waals surface area contributed by atoms with E-state index < -0.39 is 0 Å². The van der Waals surface area contributed by atoms with Gasteiger partial charge in [-0.25, -0.2) is 0 Å². The van der Waals surface area contributed by atoms with Gasteiger partial charge in [-0.15, -0.1) is 0 Å². The summed E-state index contributed by atoms with van der Waals surface area (Å²) in [5.74, 6) is 0. The van der Waals surface area contributed by atoms with Gasteiger partial charge < -0.3 is 10.3 Å². The first-order chi connectivity index (χ1) is 8.04. The minimum atomic E-state index is 0.214. The highest BCUT2D eigenvalue weighted by molar-refractivity contribution is 5.86. The Bertz CT molecular complexity index is 535. The van der Waals surface area contributed by atoms with Gasteiger partial charge in [-0.2, -0.15) is 0 Å². The molecule has 2 aromatic rings. The van der Waals surface area contributed by atoms with Gasteiger partial charge >= 0.3 is 0 Å². The summed E-state index contributed by atoms with van der Waals surface area (Å²) in [6, 6.07) is 6.91. The standard InChI is InChI=1S/C15H22N2/c1-5-17-12(4)14(9-11(3)16)13-7-6-10(2)8-15(13)17/h6-8,11H,5,9,16H2,1-4H3. The minimum Gasteiger partial charge on any atom is -0.345 e. The zero-order valence-electron chi connectivity index (χ0n) is 11.2. The van der Waals surface area contributed by atoms with Gasteiger partial charge in [-0.3, -0.25) is 0 Å². The molecule has 92 valence electrons. The summed E-state index contributed by atoms with van der Waals surface area (Å²) in [5.41, 5.74) is 11.4. The van der Waals surface area contributed by atoms with E-state index in [0.29, 0.717) is 0 Å². The van der Waals surface area contributed by atoms with E-state index in [9.17, 15) is 0 Å². The second kappa shape index (κ2) is 4.53. The number of hydrogen-bond acceptors (Lipinski definition) is 1. The number of fused-ring (bicyclic) bond motifs is 1. The molecule has 0 aliphatic rings. The zero-order chi connectivity index (χ0) is 12.6. The number of nitrogens with two attached hydrogens (primary N) is 1. The van der Waals surface area contributed by atoms with Gasteiger partial charge in [0.05, 0.1) is 0 Å². The molecule has 0 saturated carbocycles. The first-order valence-electron chi connectivity index (χ1n) is 6.38. The van der Waals surface area contributed by atoms with Gasteiger partial charge in [0.2, 0.25) is 0 Å². The molecule has 0 aliphatic carbocycles. The van der Waals surface area contributed by atoms with Crippen LogP contribution in [0.15, 0.2) is 18.2 Å². The Morgan fingerprint density at radius 2 is 2.00 bits per heavy atom. The maximum atomic E-state index is 5.96. The molecule has 2 rings (SSSR count). The van der Waals surface area contributed by atoms with E-state index in [2.05, 4.69) is 50.5 Å². The third-order valence-corrected chi connectivity index (χ3v) is 3.45. The van der Waals surface area contributed by atoms with Gasteiger partial charge in [0.1, 0.15) is 0 Å². The lowest BCUT2D eigenvalue weighted by Crippen LogP contribution is -2.18. The Hall–Kier alpha value is -1.28. The lowest BCUT2D eigenvalue weighted by Gasteiger charge is -2.07. The van der Waals surface area contributed by atoms with Crippen LogP contribution in [0.25, 0.3) is 10.9 Å². The molecule has 1 aromatic carbocycles. The van der Waals surface area contributed by atoms with E-state index in [4.69, 9.17) is 5.73 Å². The molecule has 1 aromatic heterocycles. The van der Waals surface area contributed by atoms with Crippen molar-refractivity contribution in [1.82, 2.24) is 4.57 Å². The van der Waals surface area contributed by atoms with Crippen LogP contribution in [0.3, 0.4) is 0 Å². The van der Waals surface area contributed by atoms with Crippen molar-refractivity contribution in [3.8, 4) is 0 Å². The monoisotopic (exact) mass is 230 g/mol. The molecule has 1 atom stereocenters. The van der Waals surface area contributed by atoms with Crippen molar-refractivity contribution < 1.29 is 0 Å². The molecule has 0 amide bonds. The highest BCUT2D eigenvalue weighted by Crippen LogP contribution is 2.27. The van der Waals surface area contributed by atoms with Crippen LogP contribution in [-0.4, -0.2) is 10.6 Å². The van der Waals surface area contributed by atoms with Crippen molar-refractivity contribution in [2.24, 2.45) is 5.73 Å². The summed E-state index contributed by atoms with van der Waals surface area (Å²) in [7, 11) is 0. The SMILES string of the molecule is CCn1c(C)c(CC(C)N)c2ccc(C)cc21. The van der Waals surface area contributed by atoms with Crippen molar-refractivity contribution in [2.75, 3.05) is 0 Å². The quantitative estimate of drug-likeness (QED) is 0.862. The van der Waals surface area contributed by atoms with E-state index in [1.165, 1.54) is 27.7 Å². The summed E-state index contributed by atoms with van der Waals surface area (Å²) in [5, 5.41) is 1.37. The molecule has 1 heterocycles. The Morgan fingerprint density at radius 1 is 1.29 bits per heavy atom. The number of aromatic nitrogens is 1. The van der Waals surface area contributed by atoms with Gasteiger partial charge in [0, 0.05) is 29.2 Å². The zero-order valence-corrected chi connectivity index (χ0v) is 11.2. The molecule has 17 heavy (non-hydrogen) atoms. The molecule has 0 radical (unpaired) electrons. The molecule has 0 bridgehead atoms. The molecule has 2 N–H and O–H groups in total. The summed E-state index contributed by atoms with van der Waals surface area (Å²) in [6.45, 7) is 9.64. The van der Waals surface area contributed by atoms with Crippen LogP contribution in [0.5, 0.6) is 0 Å². The van der Waals surface area contributed by atoms with Crippen LogP contribution in [0.2, 0.25) is 0 Å². The van der Waals surface area contributed by atoms with Crippen molar-refractivity contribution in [3.63, 3.8) is 0 Å². The normalized spacial score (nSPS) is 13.2. The predicted molar refractivity (Wildman–Crippen MR) is 74.4 cm³/mol. The smallest absolute Gasteiger partial charge is 0.0487 e. The molecule has 1 unspecified atom stereocenters. The molecule has 0 aliphatic heterocycles. The maximum Gasteiger partial charge on any atom is 0.0487 e. The third-order valence-electron chi connectivity index (χ3n) is 3.45. The minimum absolute atomic E-state index is 0.214. The van der Waals surface area contributed by atoms with Crippen molar-refractivity contribution in [1.29, 1.82) is 0 Å². The van der Waals surface area contributed by atoms with Crippen molar-refractivity contribution in [2.45, 2.75) is 46.7 Å². The summed E-state index contributed by atoms with van der Waals surface area (Å²) >= 11 is 0. The summed E-state index contributed by atoms with van der Waals surface area (Å²) in [6.07, 6.45) is 0.957. The van der Waals surface area contributed by atoms with Gasteiger partial charge in [-0.05, 0) is 51.3 Å². The lowest BCUT2D eigenvalue weighted by atomic mass is 10.0. The van der Waals surface area contributed by atoms with E-state index >= 15 is 0 Å². The topological polar surface area (TPSA) is 30.9 Å². The Morgan fingerprint density at radius 3 is 2.59 bits per heavy atom. The van der Waals surface area contributed by atoms with E-state index in [1.54, 1.807) is 0 Å². The van der Waals surface area contributed by atoms with E-state index in [1.807, 2.05) is 0 Å². The van der Waals surface area contributed by atoms with Gasteiger partial charge in [0.25, 0.3) is 0 Å². The fraction of sp³-hybridized carbons (Fsp3) is 0.467. The Labute approximate surface area is 103 Å². The molecule has 0 spiro atoms. The van der Waals surface area contributed by atoms with Crippen LogP contribution in [-0.2, 0) is 13.0 Å².